The first-order chi connectivity index (χ1) is 10.2. The minimum absolute atomic E-state index is 0.138. The van der Waals surface area contributed by atoms with Gasteiger partial charge in [0, 0.05) is 19.6 Å². The lowest BCUT2D eigenvalue weighted by Crippen LogP contribution is -2.47. The highest BCUT2D eigenvalue weighted by Crippen LogP contribution is 2.15. The fraction of sp³-hybridized carbons (Fsp3) is 0.588. The SMILES string of the molecule is CCNC(CN1CCc2ccccc2CC1)C(=O)OCC. The van der Waals surface area contributed by atoms with E-state index in [-0.39, 0.29) is 12.0 Å². The van der Waals surface area contributed by atoms with Crippen molar-refractivity contribution in [3.05, 3.63) is 35.4 Å². The number of rotatable bonds is 6. The number of esters is 1. The van der Waals surface area contributed by atoms with E-state index in [1.54, 1.807) is 0 Å². The Morgan fingerprint density at radius 1 is 1.24 bits per heavy atom. The van der Waals surface area contributed by atoms with E-state index in [1.807, 2.05) is 13.8 Å². The first-order valence-corrected chi connectivity index (χ1v) is 7.93. The van der Waals surface area contributed by atoms with Gasteiger partial charge in [0.05, 0.1) is 6.61 Å². The molecule has 4 heteroatoms. The van der Waals surface area contributed by atoms with Gasteiger partial charge in [-0.05, 0) is 37.4 Å². The molecule has 0 saturated heterocycles. The maximum Gasteiger partial charge on any atom is 0.324 e. The number of hydrogen-bond acceptors (Lipinski definition) is 4. The molecule has 1 aliphatic heterocycles. The standard InChI is InChI=1S/C17H26N2O2/c1-3-18-16(17(20)21-4-2)13-19-11-9-14-7-5-6-8-15(14)10-12-19/h5-8,16,18H,3-4,9-13H2,1-2H3. The van der Waals surface area contributed by atoms with Crippen LogP contribution in [0.3, 0.4) is 0 Å². The number of hydrogen-bond donors (Lipinski definition) is 1. The van der Waals surface area contributed by atoms with Crippen LogP contribution in [0.25, 0.3) is 0 Å². The van der Waals surface area contributed by atoms with Crippen LogP contribution in [0, 0.1) is 0 Å². The lowest BCUT2D eigenvalue weighted by molar-refractivity contribution is -0.146. The number of ether oxygens (including phenoxy) is 1. The van der Waals surface area contributed by atoms with E-state index in [9.17, 15) is 4.79 Å². The van der Waals surface area contributed by atoms with Crippen molar-refractivity contribution >= 4 is 5.97 Å². The summed E-state index contributed by atoms with van der Waals surface area (Å²) in [4.78, 5) is 14.4. The molecule has 1 atom stereocenters. The Morgan fingerprint density at radius 3 is 2.38 bits per heavy atom. The van der Waals surface area contributed by atoms with Gasteiger partial charge < -0.3 is 15.0 Å². The molecule has 0 spiro atoms. The third kappa shape index (κ3) is 4.55. The summed E-state index contributed by atoms with van der Waals surface area (Å²) in [5.41, 5.74) is 2.88. The minimum Gasteiger partial charge on any atom is -0.465 e. The summed E-state index contributed by atoms with van der Waals surface area (Å²) in [5.74, 6) is -0.138. The van der Waals surface area contributed by atoms with Gasteiger partial charge in [-0.1, -0.05) is 31.2 Å². The van der Waals surface area contributed by atoms with Crippen LogP contribution < -0.4 is 5.32 Å². The fourth-order valence-corrected chi connectivity index (χ4v) is 2.87. The average Bonchev–Trinajstić information content (AvgIpc) is 2.70. The molecule has 4 nitrogen and oxygen atoms in total. The molecule has 1 heterocycles. The molecular weight excluding hydrogens is 264 g/mol. The van der Waals surface area contributed by atoms with E-state index in [4.69, 9.17) is 4.74 Å². The lowest BCUT2D eigenvalue weighted by Gasteiger charge is -2.25. The number of fused-ring (bicyclic) bond motifs is 1. The Hall–Kier alpha value is -1.39. The van der Waals surface area contributed by atoms with E-state index in [2.05, 4.69) is 34.5 Å². The van der Waals surface area contributed by atoms with Crippen molar-refractivity contribution in [1.82, 2.24) is 10.2 Å². The van der Waals surface area contributed by atoms with Crippen LogP contribution in [0.5, 0.6) is 0 Å². The van der Waals surface area contributed by atoms with Crippen LogP contribution in [0.15, 0.2) is 24.3 Å². The third-order valence-electron chi connectivity index (χ3n) is 3.98. The topological polar surface area (TPSA) is 41.6 Å². The molecule has 1 unspecified atom stereocenters. The predicted octanol–water partition coefficient (Wildman–Crippen LogP) is 1.63. The smallest absolute Gasteiger partial charge is 0.324 e. The van der Waals surface area contributed by atoms with Gasteiger partial charge in [0.25, 0.3) is 0 Å². The molecule has 0 aromatic heterocycles. The second-order valence-electron chi connectivity index (χ2n) is 5.43. The molecule has 0 radical (unpaired) electrons. The van der Waals surface area contributed by atoms with Crippen molar-refractivity contribution in [1.29, 1.82) is 0 Å². The van der Waals surface area contributed by atoms with Gasteiger partial charge in [0.2, 0.25) is 0 Å². The summed E-state index contributed by atoms with van der Waals surface area (Å²) in [5, 5.41) is 3.24. The molecule has 0 bridgehead atoms. The predicted molar refractivity (Wildman–Crippen MR) is 84.4 cm³/mol. The summed E-state index contributed by atoms with van der Waals surface area (Å²) < 4.78 is 5.16. The Labute approximate surface area is 127 Å². The molecule has 0 saturated carbocycles. The number of carbonyl (C=O) groups is 1. The molecule has 1 aromatic rings. The number of nitrogens with one attached hydrogen (secondary N) is 1. The Bertz CT molecular complexity index is 435. The van der Waals surface area contributed by atoms with Gasteiger partial charge in [-0.15, -0.1) is 0 Å². The van der Waals surface area contributed by atoms with Gasteiger partial charge in [0.1, 0.15) is 6.04 Å². The first-order valence-electron chi connectivity index (χ1n) is 7.93. The monoisotopic (exact) mass is 290 g/mol. The summed E-state index contributed by atoms with van der Waals surface area (Å²) in [6, 6.07) is 8.41. The zero-order chi connectivity index (χ0) is 15.1. The molecule has 1 aliphatic rings. The molecule has 2 rings (SSSR count). The number of carbonyl (C=O) groups excluding carboxylic acids is 1. The number of nitrogens with zero attached hydrogens (tertiary/aromatic N) is 1. The third-order valence-corrected chi connectivity index (χ3v) is 3.98. The van der Waals surface area contributed by atoms with Crippen molar-refractivity contribution in [3.8, 4) is 0 Å². The Balaban J connectivity index is 1.94. The minimum atomic E-state index is -0.226. The van der Waals surface area contributed by atoms with E-state index in [1.165, 1.54) is 11.1 Å². The summed E-state index contributed by atoms with van der Waals surface area (Å²) in [7, 11) is 0. The molecular formula is C17H26N2O2. The van der Waals surface area contributed by atoms with Gasteiger partial charge in [-0.25, -0.2) is 0 Å². The van der Waals surface area contributed by atoms with Crippen molar-refractivity contribution in [2.75, 3.05) is 32.8 Å². The molecule has 116 valence electrons. The first kappa shape index (κ1) is 16.0. The maximum atomic E-state index is 12.0. The zero-order valence-electron chi connectivity index (χ0n) is 13.1. The van der Waals surface area contributed by atoms with Gasteiger partial charge >= 0.3 is 5.97 Å². The highest BCUT2D eigenvalue weighted by atomic mass is 16.5. The molecule has 0 amide bonds. The summed E-state index contributed by atoms with van der Waals surface area (Å²) >= 11 is 0. The van der Waals surface area contributed by atoms with E-state index in [0.29, 0.717) is 6.61 Å². The van der Waals surface area contributed by atoms with Gasteiger partial charge in [-0.2, -0.15) is 0 Å². The molecule has 21 heavy (non-hydrogen) atoms. The summed E-state index contributed by atoms with van der Waals surface area (Å²) in [6.07, 6.45) is 2.11. The highest BCUT2D eigenvalue weighted by molar-refractivity contribution is 5.76. The molecule has 1 aromatic carbocycles. The van der Waals surface area contributed by atoms with Crippen molar-refractivity contribution in [2.45, 2.75) is 32.7 Å². The van der Waals surface area contributed by atoms with Crippen molar-refractivity contribution in [3.63, 3.8) is 0 Å². The van der Waals surface area contributed by atoms with E-state index in [0.717, 1.165) is 39.0 Å². The zero-order valence-corrected chi connectivity index (χ0v) is 13.1. The average molecular weight is 290 g/mol. The number of benzene rings is 1. The second-order valence-corrected chi connectivity index (χ2v) is 5.43. The van der Waals surface area contributed by atoms with E-state index < -0.39 is 0 Å². The van der Waals surface area contributed by atoms with Crippen LogP contribution in [0.4, 0.5) is 0 Å². The van der Waals surface area contributed by atoms with Gasteiger partial charge in [0.15, 0.2) is 0 Å². The van der Waals surface area contributed by atoms with Crippen LogP contribution in [0.2, 0.25) is 0 Å². The van der Waals surface area contributed by atoms with Crippen molar-refractivity contribution in [2.24, 2.45) is 0 Å². The summed E-state index contributed by atoms with van der Waals surface area (Å²) in [6.45, 7) is 7.80. The van der Waals surface area contributed by atoms with E-state index >= 15 is 0 Å². The second kappa shape index (κ2) is 8.15. The van der Waals surface area contributed by atoms with Crippen molar-refractivity contribution < 1.29 is 9.53 Å². The molecule has 0 fully saturated rings. The molecule has 0 aliphatic carbocycles. The Morgan fingerprint density at radius 2 is 1.86 bits per heavy atom. The highest BCUT2D eigenvalue weighted by Gasteiger charge is 2.23. The van der Waals surface area contributed by atoms with Crippen LogP contribution in [-0.2, 0) is 22.4 Å². The largest absolute Gasteiger partial charge is 0.465 e. The quantitative estimate of drug-likeness (QED) is 0.809. The Kier molecular flexibility index (Phi) is 6.21. The van der Waals surface area contributed by atoms with Crippen LogP contribution in [0.1, 0.15) is 25.0 Å². The normalized spacial score (nSPS) is 16.9. The van der Waals surface area contributed by atoms with Crippen LogP contribution in [-0.4, -0.2) is 49.7 Å². The number of likely N-dealkylation sites (N-methyl/N-ethyl adjacent to an activating group) is 1. The molecule has 1 N–H and O–H groups in total. The lowest BCUT2D eigenvalue weighted by atomic mass is 10.0. The fourth-order valence-electron chi connectivity index (χ4n) is 2.87. The van der Waals surface area contributed by atoms with Crippen LogP contribution >= 0.6 is 0 Å². The maximum absolute atomic E-state index is 12.0. The van der Waals surface area contributed by atoms with Gasteiger partial charge in [-0.3, -0.25) is 4.79 Å².